The van der Waals surface area contributed by atoms with Crippen LogP contribution in [-0.4, -0.2) is 32.3 Å². The number of carbonyl (C=O) groups excluding carboxylic acids is 2. The molecule has 0 radical (unpaired) electrons. The fourth-order valence-electron chi connectivity index (χ4n) is 2.80. The molecule has 1 aliphatic heterocycles. The number of nitrogens with one attached hydrogen (secondary N) is 1. The second-order valence-electron chi connectivity index (χ2n) is 5.55. The molecular weight excluding hydrogens is 341 g/mol. The molecule has 1 aliphatic rings. The Morgan fingerprint density at radius 1 is 1.15 bits per heavy atom. The Morgan fingerprint density at radius 3 is 2.38 bits per heavy atom. The van der Waals surface area contributed by atoms with E-state index in [1.54, 1.807) is 26.8 Å². The van der Waals surface area contributed by atoms with E-state index in [0.29, 0.717) is 11.3 Å². The zero-order valence-corrected chi connectivity index (χ0v) is 15.2. The van der Waals surface area contributed by atoms with Crippen LogP contribution in [0, 0.1) is 5.82 Å². The van der Waals surface area contributed by atoms with Crippen LogP contribution in [0.25, 0.3) is 0 Å². The zero-order valence-electron chi connectivity index (χ0n) is 15.2. The highest BCUT2D eigenvalue weighted by molar-refractivity contribution is 5.99. The molecule has 0 spiro atoms. The minimum absolute atomic E-state index is 0.0720. The molecule has 7 heteroatoms. The highest BCUT2D eigenvalue weighted by Gasteiger charge is 2.36. The van der Waals surface area contributed by atoms with Gasteiger partial charge in [0.1, 0.15) is 0 Å². The van der Waals surface area contributed by atoms with E-state index in [2.05, 4.69) is 5.32 Å². The number of methoxy groups -OCH3 is 1. The molecule has 1 atom stereocenters. The van der Waals surface area contributed by atoms with Crippen LogP contribution in [0.5, 0.6) is 5.75 Å². The van der Waals surface area contributed by atoms with Gasteiger partial charge in [0, 0.05) is 11.9 Å². The lowest BCUT2D eigenvalue weighted by atomic mass is 9.82. The van der Waals surface area contributed by atoms with Gasteiger partial charge >= 0.3 is 11.9 Å². The molecule has 0 fully saturated rings. The normalized spacial score (nSPS) is 16.5. The molecule has 1 unspecified atom stereocenters. The molecule has 1 N–H and O–H groups in total. The molecule has 0 saturated heterocycles. The molecule has 140 valence electrons. The first-order valence-corrected chi connectivity index (χ1v) is 8.29. The number of ether oxygens (including phenoxy) is 3. The van der Waals surface area contributed by atoms with Gasteiger partial charge in [-0.25, -0.2) is 14.0 Å². The molecular formula is C19H22FNO5. The maximum atomic E-state index is 14.2. The summed E-state index contributed by atoms with van der Waals surface area (Å²) in [6.45, 7) is 5.42. The lowest BCUT2D eigenvalue weighted by Gasteiger charge is -2.27. The maximum Gasteiger partial charge on any atom is 0.336 e. The molecule has 0 saturated carbocycles. The predicted octanol–water partition coefficient (Wildman–Crippen LogP) is 2.81. The van der Waals surface area contributed by atoms with E-state index in [-0.39, 0.29) is 30.1 Å². The molecule has 26 heavy (non-hydrogen) atoms. The summed E-state index contributed by atoms with van der Waals surface area (Å²) in [5.74, 6) is -2.49. The van der Waals surface area contributed by atoms with Crippen molar-refractivity contribution in [2.75, 3.05) is 20.3 Å². The topological polar surface area (TPSA) is 73.9 Å². The second-order valence-corrected chi connectivity index (χ2v) is 5.55. The van der Waals surface area contributed by atoms with Crippen molar-refractivity contribution in [3.8, 4) is 5.75 Å². The van der Waals surface area contributed by atoms with Crippen LogP contribution < -0.4 is 10.1 Å². The summed E-state index contributed by atoms with van der Waals surface area (Å²) in [7, 11) is 1.36. The van der Waals surface area contributed by atoms with Crippen LogP contribution >= 0.6 is 0 Å². The summed E-state index contributed by atoms with van der Waals surface area (Å²) in [5, 5.41) is 2.90. The summed E-state index contributed by atoms with van der Waals surface area (Å²) in [5.41, 5.74) is 1.39. The van der Waals surface area contributed by atoms with E-state index in [9.17, 15) is 14.0 Å². The Hall–Kier alpha value is -2.83. The lowest BCUT2D eigenvalue weighted by molar-refractivity contribution is -0.139. The lowest BCUT2D eigenvalue weighted by Crippen LogP contribution is -2.29. The van der Waals surface area contributed by atoms with Gasteiger partial charge in [0.05, 0.1) is 37.4 Å². The monoisotopic (exact) mass is 363 g/mol. The Labute approximate surface area is 151 Å². The van der Waals surface area contributed by atoms with Crippen molar-refractivity contribution in [2.24, 2.45) is 0 Å². The van der Waals surface area contributed by atoms with Crippen LogP contribution in [0.2, 0.25) is 0 Å². The van der Waals surface area contributed by atoms with Gasteiger partial charge in [-0.05, 0) is 38.5 Å². The van der Waals surface area contributed by atoms with Gasteiger partial charge in [0.15, 0.2) is 11.6 Å². The third-order valence-electron chi connectivity index (χ3n) is 3.96. The van der Waals surface area contributed by atoms with Crippen LogP contribution in [0.1, 0.15) is 32.3 Å². The number of hydrogen-bond acceptors (Lipinski definition) is 6. The zero-order chi connectivity index (χ0) is 19.3. The number of carbonyl (C=O) groups is 2. The van der Waals surface area contributed by atoms with E-state index >= 15 is 0 Å². The average molecular weight is 363 g/mol. The Bertz CT molecular complexity index is 769. The van der Waals surface area contributed by atoms with Crippen molar-refractivity contribution in [3.63, 3.8) is 0 Å². The number of halogens is 1. The summed E-state index contributed by atoms with van der Waals surface area (Å²) in [6, 6.07) is 4.31. The summed E-state index contributed by atoms with van der Waals surface area (Å²) in [4.78, 5) is 24.9. The smallest absolute Gasteiger partial charge is 0.336 e. The van der Waals surface area contributed by atoms with Crippen molar-refractivity contribution in [2.45, 2.75) is 26.7 Å². The number of allylic oxidation sites excluding steroid dienone is 1. The van der Waals surface area contributed by atoms with Crippen LogP contribution in [0.4, 0.5) is 4.39 Å². The number of esters is 2. The van der Waals surface area contributed by atoms with Gasteiger partial charge < -0.3 is 19.5 Å². The van der Waals surface area contributed by atoms with Gasteiger partial charge in [-0.1, -0.05) is 6.07 Å². The van der Waals surface area contributed by atoms with Crippen molar-refractivity contribution < 1.29 is 28.2 Å². The molecule has 1 aromatic rings. The summed E-state index contributed by atoms with van der Waals surface area (Å²) >= 11 is 0. The fraction of sp³-hybridized carbons (Fsp3) is 0.368. The third-order valence-corrected chi connectivity index (χ3v) is 3.96. The first-order valence-electron chi connectivity index (χ1n) is 8.29. The van der Waals surface area contributed by atoms with Gasteiger partial charge in [-0.15, -0.1) is 0 Å². The molecule has 0 bridgehead atoms. The standard InChI is InChI=1S/C19H22FNO5/c1-5-25-18(22)13-10-21-11(3)16(19(23)26-6-2)17(13)12-7-8-15(24-4)14(20)9-12/h7-10,17,21H,5-6H2,1-4H3. The van der Waals surface area contributed by atoms with Gasteiger partial charge in [-0.2, -0.15) is 0 Å². The molecule has 2 rings (SSSR count). The van der Waals surface area contributed by atoms with E-state index in [1.807, 2.05) is 0 Å². The van der Waals surface area contributed by atoms with E-state index in [1.165, 1.54) is 25.4 Å². The summed E-state index contributed by atoms with van der Waals surface area (Å²) in [6.07, 6.45) is 1.48. The number of benzene rings is 1. The molecule has 0 aromatic heterocycles. The Balaban J connectivity index is 2.57. The second kappa shape index (κ2) is 8.51. The van der Waals surface area contributed by atoms with Crippen LogP contribution in [0.15, 0.2) is 41.2 Å². The molecule has 0 aliphatic carbocycles. The van der Waals surface area contributed by atoms with Crippen molar-refractivity contribution in [1.82, 2.24) is 5.32 Å². The minimum Gasteiger partial charge on any atom is -0.494 e. The Morgan fingerprint density at radius 2 is 1.81 bits per heavy atom. The first kappa shape index (κ1) is 19.5. The van der Waals surface area contributed by atoms with E-state index in [4.69, 9.17) is 14.2 Å². The number of hydrogen-bond donors (Lipinski definition) is 1. The van der Waals surface area contributed by atoms with Gasteiger partial charge in [0.2, 0.25) is 0 Å². The predicted molar refractivity (Wildman–Crippen MR) is 92.9 cm³/mol. The molecule has 1 heterocycles. The molecule has 6 nitrogen and oxygen atoms in total. The largest absolute Gasteiger partial charge is 0.494 e. The Kier molecular flexibility index (Phi) is 6.38. The van der Waals surface area contributed by atoms with E-state index < -0.39 is 23.7 Å². The van der Waals surface area contributed by atoms with Gasteiger partial charge in [0.25, 0.3) is 0 Å². The highest BCUT2D eigenvalue weighted by Crippen LogP contribution is 2.38. The maximum absolute atomic E-state index is 14.2. The minimum atomic E-state index is -0.810. The fourth-order valence-corrected chi connectivity index (χ4v) is 2.80. The average Bonchev–Trinajstić information content (AvgIpc) is 2.61. The molecule has 1 aromatic carbocycles. The number of dihydropyridines is 1. The first-order chi connectivity index (χ1) is 12.4. The van der Waals surface area contributed by atoms with Crippen LogP contribution in [-0.2, 0) is 19.1 Å². The summed E-state index contributed by atoms with van der Waals surface area (Å²) < 4.78 is 29.4. The highest BCUT2D eigenvalue weighted by atomic mass is 19.1. The quantitative estimate of drug-likeness (QED) is 0.784. The SMILES string of the molecule is CCOC(=O)C1=CNC(C)=C(C(=O)OCC)C1c1ccc(OC)c(F)c1. The third kappa shape index (κ3) is 3.87. The van der Waals surface area contributed by atoms with Crippen LogP contribution in [0.3, 0.4) is 0 Å². The molecule has 0 amide bonds. The number of rotatable bonds is 6. The van der Waals surface area contributed by atoms with E-state index in [0.717, 1.165) is 0 Å². The van der Waals surface area contributed by atoms with Gasteiger partial charge in [-0.3, -0.25) is 0 Å². The van der Waals surface area contributed by atoms with Crippen molar-refractivity contribution in [3.05, 3.63) is 52.6 Å². The van der Waals surface area contributed by atoms with Crippen molar-refractivity contribution in [1.29, 1.82) is 0 Å². The van der Waals surface area contributed by atoms with Crippen molar-refractivity contribution >= 4 is 11.9 Å².